The molecule has 0 atom stereocenters. The molecule has 3 aromatic rings. The zero-order valence-electron chi connectivity index (χ0n) is 13.7. The molecule has 0 aliphatic rings. The number of hydrogen-bond donors (Lipinski definition) is 1. The average Bonchev–Trinajstić information content (AvgIpc) is 2.62. The van der Waals surface area contributed by atoms with Crippen LogP contribution in [0.5, 0.6) is 0 Å². The normalized spacial score (nSPS) is 10.6. The Morgan fingerprint density at radius 3 is 2.62 bits per heavy atom. The van der Waals surface area contributed by atoms with Crippen molar-refractivity contribution in [3.05, 3.63) is 59.8 Å². The van der Waals surface area contributed by atoms with Crippen LogP contribution in [-0.2, 0) is 11.2 Å². The highest BCUT2D eigenvalue weighted by Gasteiger charge is 2.07. The second-order valence-corrected chi connectivity index (χ2v) is 5.32. The topological polar surface area (TPSA) is 64.1 Å². The number of benzene rings is 2. The van der Waals surface area contributed by atoms with Crippen molar-refractivity contribution < 1.29 is 9.53 Å². The molecule has 0 aliphatic heterocycles. The molecule has 0 fully saturated rings. The van der Waals surface area contributed by atoms with E-state index in [1.807, 2.05) is 30.5 Å². The van der Waals surface area contributed by atoms with Gasteiger partial charge < -0.3 is 10.1 Å². The zero-order chi connectivity index (χ0) is 16.9. The monoisotopic (exact) mass is 321 g/mol. The van der Waals surface area contributed by atoms with Gasteiger partial charge in [-0.2, -0.15) is 0 Å². The van der Waals surface area contributed by atoms with Crippen LogP contribution >= 0.6 is 0 Å². The van der Waals surface area contributed by atoms with E-state index in [1.54, 1.807) is 19.1 Å². The first-order chi connectivity index (χ1) is 11.7. The first-order valence-corrected chi connectivity index (χ1v) is 8.00. The molecule has 0 saturated heterocycles. The predicted molar refractivity (Wildman–Crippen MR) is 94.6 cm³/mol. The van der Waals surface area contributed by atoms with E-state index < -0.39 is 0 Å². The molecular weight excluding hydrogens is 302 g/mol. The summed E-state index contributed by atoms with van der Waals surface area (Å²) in [6.45, 7) is 4.26. The molecule has 0 amide bonds. The SMILES string of the molecule is CCOC(=O)c1ccc(Nc2ncc3cccc(CC)c3n2)cc1. The Morgan fingerprint density at radius 1 is 1.12 bits per heavy atom. The maximum absolute atomic E-state index is 11.7. The fraction of sp³-hybridized carbons (Fsp3) is 0.211. The number of rotatable bonds is 5. The van der Waals surface area contributed by atoms with Crippen molar-refractivity contribution in [1.82, 2.24) is 9.97 Å². The number of nitrogens with zero attached hydrogens (tertiary/aromatic N) is 2. The smallest absolute Gasteiger partial charge is 0.338 e. The van der Waals surface area contributed by atoms with Crippen molar-refractivity contribution in [2.45, 2.75) is 20.3 Å². The molecule has 24 heavy (non-hydrogen) atoms. The summed E-state index contributed by atoms with van der Waals surface area (Å²) in [5.41, 5.74) is 3.49. The molecule has 0 saturated carbocycles. The van der Waals surface area contributed by atoms with Crippen molar-refractivity contribution in [2.24, 2.45) is 0 Å². The van der Waals surface area contributed by atoms with Crippen molar-refractivity contribution in [2.75, 3.05) is 11.9 Å². The molecule has 5 heteroatoms. The minimum atomic E-state index is -0.321. The Balaban J connectivity index is 1.83. The molecule has 2 aromatic carbocycles. The van der Waals surface area contributed by atoms with Crippen LogP contribution in [0.4, 0.5) is 11.6 Å². The third kappa shape index (κ3) is 3.35. The molecule has 122 valence electrons. The fourth-order valence-electron chi connectivity index (χ4n) is 2.50. The van der Waals surface area contributed by atoms with Gasteiger partial charge >= 0.3 is 5.97 Å². The molecule has 0 spiro atoms. The molecular formula is C19H19N3O2. The Labute approximate surface area is 140 Å². The Bertz CT molecular complexity index is 860. The van der Waals surface area contributed by atoms with Gasteiger partial charge in [0, 0.05) is 17.3 Å². The summed E-state index contributed by atoms with van der Waals surface area (Å²) in [6.07, 6.45) is 2.73. The number of esters is 1. The lowest BCUT2D eigenvalue weighted by molar-refractivity contribution is 0.0526. The van der Waals surface area contributed by atoms with Crippen molar-refractivity contribution in [3.8, 4) is 0 Å². The summed E-state index contributed by atoms with van der Waals surface area (Å²) in [4.78, 5) is 20.6. The third-order valence-electron chi connectivity index (χ3n) is 3.73. The fourth-order valence-corrected chi connectivity index (χ4v) is 2.50. The molecule has 0 aliphatic carbocycles. The van der Waals surface area contributed by atoms with E-state index in [0.717, 1.165) is 23.0 Å². The molecule has 3 rings (SSSR count). The maximum Gasteiger partial charge on any atom is 0.338 e. The van der Waals surface area contributed by atoms with Gasteiger partial charge in [-0.15, -0.1) is 0 Å². The number of carbonyl (C=O) groups excluding carboxylic acids is 1. The summed E-state index contributed by atoms with van der Waals surface area (Å²) in [7, 11) is 0. The van der Waals surface area contributed by atoms with E-state index in [2.05, 4.69) is 28.3 Å². The first-order valence-electron chi connectivity index (χ1n) is 8.00. The van der Waals surface area contributed by atoms with Gasteiger partial charge in [-0.25, -0.2) is 14.8 Å². The minimum absolute atomic E-state index is 0.321. The number of aryl methyl sites for hydroxylation is 1. The molecule has 0 radical (unpaired) electrons. The van der Waals surface area contributed by atoms with Crippen LogP contribution < -0.4 is 5.32 Å². The number of fused-ring (bicyclic) bond motifs is 1. The van der Waals surface area contributed by atoms with E-state index >= 15 is 0 Å². The second kappa shape index (κ2) is 7.08. The van der Waals surface area contributed by atoms with Gasteiger partial charge in [0.15, 0.2) is 0 Å². The minimum Gasteiger partial charge on any atom is -0.462 e. The number of hydrogen-bond acceptors (Lipinski definition) is 5. The van der Waals surface area contributed by atoms with Crippen LogP contribution in [-0.4, -0.2) is 22.5 Å². The van der Waals surface area contributed by atoms with Crippen LogP contribution in [0, 0.1) is 0 Å². The molecule has 0 bridgehead atoms. The molecule has 1 aromatic heterocycles. The van der Waals surface area contributed by atoms with Crippen LogP contribution in [0.1, 0.15) is 29.8 Å². The Morgan fingerprint density at radius 2 is 1.92 bits per heavy atom. The molecule has 0 unspecified atom stereocenters. The first kappa shape index (κ1) is 15.9. The summed E-state index contributed by atoms with van der Waals surface area (Å²) < 4.78 is 4.98. The maximum atomic E-state index is 11.7. The number of ether oxygens (including phenoxy) is 1. The lowest BCUT2D eigenvalue weighted by Gasteiger charge is -2.08. The highest BCUT2D eigenvalue weighted by molar-refractivity contribution is 5.90. The van der Waals surface area contributed by atoms with Gasteiger partial charge in [-0.1, -0.05) is 25.1 Å². The largest absolute Gasteiger partial charge is 0.462 e. The van der Waals surface area contributed by atoms with Crippen LogP contribution in [0.3, 0.4) is 0 Å². The van der Waals surface area contributed by atoms with E-state index in [-0.39, 0.29) is 5.97 Å². The predicted octanol–water partition coefficient (Wildman–Crippen LogP) is 4.11. The van der Waals surface area contributed by atoms with Gasteiger partial charge in [0.05, 0.1) is 17.7 Å². The standard InChI is InChI=1S/C19H19N3O2/c1-3-13-6-5-7-15-12-20-19(22-17(13)15)21-16-10-8-14(9-11-16)18(23)24-4-2/h5-12H,3-4H2,1-2H3,(H,20,21,22). The van der Waals surface area contributed by atoms with E-state index in [4.69, 9.17) is 4.74 Å². The highest BCUT2D eigenvalue weighted by Crippen LogP contribution is 2.20. The summed E-state index contributed by atoms with van der Waals surface area (Å²) >= 11 is 0. The molecule has 5 nitrogen and oxygen atoms in total. The highest BCUT2D eigenvalue weighted by atomic mass is 16.5. The van der Waals surface area contributed by atoms with E-state index in [9.17, 15) is 4.79 Å². The van der Waals surface area contributed by atoms with E-state index in [1.165, 1.54) is 5.56 Å². The number of aromatic nitrogens is 2. The molecule has 1 N–H and O–H groups in total. The summed E-state index contributed by atoms with van der Waals surface area (Å²) in [5, 5.41) is 4.20. The molecule has 1 heterocycles. The van der Waals surface area contributed by atoms with Crippen LogP contribution in [0.25, 0.3) is 10.9 Å². The summed E-state index contributed by atoms with van der Waals surface area (Å²) in [6, 6.07) is 13.2. The average molecular weight is 321 g/mol. The second-order valence-electron chi connectivity index (χ2n) is 5.32. The van der Waals surface area contributed by atoms with Gasteiger partial charge in [-0.05, 0) is 43.2 Å². The van der Waals surface area contributed by atoms with Crippen molar-refractivity contribution in [3.63, 3.8) is 0 Å². The van der Waals surface area contributed by atoms with Gasteiger partial charge in [0.1, 0.15) is 0 Å². The van der Waals surface area contributed by atoms with E-state index in [0.29, 0.717) is 18.1 Å². The number of anilines is 2. The quantitative estimate of drug-likeness (QED) is 0.716. The van der Waals surface area contributed by atoms with Gasteiger partial charge in [0.25, 0.3) is 0 Å². The third-order valence-corrected chi connectivity index (χ3v) is 3.73. The lowest BCUT2D eigenvalue weighted by Crippen LogP contribution is -2.04. The lowest BCUT2D eigenvalue weighted by atomic mass is 10.1. The number of carbonyl (C=O) groups is 1. The van der Waals surface area contributed by atoms with Crippen molar-refractivity contribution >= 4 is 28.5 Å². The Kier molecular flexibility index (Phi) is 4.70. The summed E-state index contributed by atoms with van der Waals surface area (Å²) in [5.74, 6) is 0.214. The van der Waals surface area contributed by atoms with Crippen LogP contribution in [0.2, 0.25) is 0 Å². The van der Waals surface area contributed by atoms with Gasteiger partial charge in [0.2, 0.25) is 5.95 Å². The Hall–Kier alpha value is -2.95. The van der Waals surface area contributed by atoms with Crippen molar-refractivity contribution in [1.29, 1.82) is 0 Å². The van der Waals surface area contributed by atoms with Crippen LogP contribution in [0.15, 0.2) is 48.7 Å². The number of nitrogens with one attached hydrogen (secondary N) is 1. The zero-order valence-corrected chi connectivity index (χ0v) is 13.7. The number of para-hydroxylation sites is 1. The van der Waals surface area contributed by atoms with Gasteiger partial charge in [-0.3, -0.25) is 0 Å².